The molecule has 20 nitrogen and oxygen atoms in total. The lowest BCUT2D eigenvalue weighted by Crippen LogP contribution is -2.58. The van der Waals surface area contributed by atoms with Gasteiger partial charge in [0.15, 0.2) is 12.5 Å². The van der Waals surface area contributed by atoms with Crippen LogP contribution in [0.3, 0.4) is 0 Å². The summed E-state index contributed by atoms with van der Waals surface area (Å²) in [5, 5.41) is 51.0. The number of methoxy groups -OCH3 is 1. The maximum atomic E-state index is 12.5. The molecule has 2 saturated heterocycles. The average molecular weight is 685 g/mol. The van der Waals surface area contributed by atoms with E-state index in [0.29, 0.717) is 25.6 Å². The molecule has 2 aliphatic heterocycles. The Kier molecular flexibility index (Phi) is 13.5. The summed E-state index contributed by atoms with van der Waals surface area (Å²) in [6.07, 6.45) is -14.6. The van der Waals surface area contributed by atoms with E-state index in [9.17, 15) is 54.0 Å². The first-order valence-electron chi connectivity index (χ1n) is 12.5. The topological polar surface area (TPSA) is 295 Å². The molecule has 23 heteroatoms. The number of phosphoric ester groups is 2. The Morgan fingerprint density at radius 2 is 1.63 bits per heavy atom. The largest absolute Gasteiger partial charge is 0.483 e. The molecular formula is C20H34N2O18P2S. The third-order valence-corrected chi connectivity index (χ3v) is 9.68. The molecule has 2 aliphatic rings. The zero-order valence-electron chi connectivity index (χ0n) is 22.5. The lowest BCUT2D eigenvalue weighted by atomic mass is 10.0. The number of H-pyrrole nitrogens is 1. The van der Waals surface area contributed by atoms with Crippen molar-refractivity contribution in [3.05, 3.63) is 33.1 Å². The van der Waals surface area contributed by atoms with Gasteiger partial charge in [0.1, 0.15) is 36.6 Å². The number of aliphatic hydroxyl groups is 5. The molecule has 0 amide bonds. The van der Waals surface area contributed by atoms with Gasteiger partial charge in [-0.2, -0.15) is 16.1 Å². The van der Waals surface area contributed by atoms with Crippen molar-refractivity contribution >= 4 is 27.4 Å². The van der Waals surface area contributed by atoms with Gasteiger partial charge in [0.2, 0.25) is 0 Å². The van der Waals surface area contributed by atoms with Gasteiger partial charge in [-0.15, -0.1) is 0 Å². The fourth-order valence-corrected chi connectivity index (χ4v) is 6.97. The fourth-order valence-electron chi connectivity index (χ4n) is 3.90. The van der Waals surface area contributed by atoms with E-state index in [4.69, 9.17) is 18.9 Å². The van der Waals surface area contributed by atoms with Gasteiger partial charge < -0.3 is 54.3 Å². The lowest BCUT2D eigenvalue weighted by Gasteiger charge is -2.40. The highest BCUT2D eigenvalue weighted by molar-refractivity contribution is 7.99. The van der Waals surface area contributed by atoms with Crippen LogP contribution in [-0.2, 0) is 41.4 Å². The minimum Gasteiger partial charge on any atom is -0.388 e. The van der Waals surface area contributed by atoms with Gasteiger partial charge in [-0.1, -0.05) is 0 Å². The molecule has 8 N–H and O–H groups in total. The molecule has 1 aromatic heterocycles. The van der Waals surface area contributed by atoms with Crippen LogP contribution in [0.15, 0.2) is 21.9 Å². The number of hydrogen-bond donors (Lipinski definition) is 8. The summed E-state index contributed by atoms with van der Waals surface area (Å²) >= 11 is 1.22. The van der Waals surface area contributed by atoms with Gasteiger partial charge in [0.05, 0.1) is 32.5 Å². The second-order valence-corrected chi connectivity index (χ2v) is 13.3. The van der Waals surface area contributed by atoms with Gasteiger partial charge in [0, 0.05) is 30.9 Å². The Hall–Kier alpha value is -1.07. The van der Waals surface area contributed by atoms with Crippen LogP contribution in [0, 0.1) is 0 Å². The molecule has 3 rings (SSSR count). The first kappa shape index (κ1) is 36.4. The number of nitrogens with one attached hydrogen (secondary N) is 1. The van der Waals surface area contributed by atoms with Gasteiger partial charge in [-0.05, 0) is 0 Å². The highest BCUT2D eigenvalue weighted by Gasteiger charge is 2.49. The van der Waals surface area contributed by atoms with E-state index >= 15 is 0 Å². The lowest BCUT2D eigenvalue weighted by molar-refractivity contribution is -0.270. The number of aromatic nitrogens is 2. The van der Waals surface area contributed by atoms with Gasteiger partial charge in [-0.25, -0.2) is 13.9 Å². The Bertz CT molecular complexity index is 1250. The van der Waals surface area contributed by atoms with E-state index in [1.165, 1.54) is 18.9 Å². The Labute approximate surface area is 247 Å². The normalized spacial score (nSPS) is 34.1. The molecule has 0 aromatic carbocycles. The van der Waals surface area contributed by atoms with Crippen LogP contribution >= 0.6 is 27.4 Å². The second kappa shape index (κ2) is 16.0. The first-order valence-corrected chi connectivity index (χ1v) is 16.7. The summed E-state index contributed by atoms with van der Waals surface area (Å²) in [6, 6.07) is 0.941. The predicted molar refractivity (Wildman–Crippen MR) is 142 cm³/mol. The van der Waals surface area contributed by atoms with Crippen LogP contribution < -0.4 is 11.2 Å². The van der Waals surface area contributed by atoms with Crippen molar-refractivity contribution in [2.75, 3.05) is 45.0 Å². The quantitative estimate of drug-likeness (QED) is 0.0622. The zero-order valence-corrected chi connectivity index (χ0v) is 25.1. The summed E-state index contributed by atoms with van der Waals surface area (Å²) < 4.78 is 59.8. The van der Waals surface area contributed by atoms with Crippen molar-refractivity contribution in [3.8, 4) is 0 Å². The Balaban J connectivity index is 1.54. The number of aromatic amines is 1. The molecule has 0 saturated carbocycles. The van der Waals surface area contributed by atoms with E-state index in [2.05, 4.69) is 13.4 Å². The summed E-state index contributed by atoms with van der Waals surface area (Å²) in [6.45, 7) is 0.0670. The van der Waals surface area contributed by atoms with E-state index in [0.717, 1.165) is 16.8 Å². The van der Waals surface area contributed by atoms with Crippen LogP contribution in [-0.4, -0.2) is 139 Å². The molecule has 0 radical (unpaired) electrons. The minimum atomic E-state index is -5.59. The number of thioether (sulfide) groups is 1. The molecule has 248 valence electrons. The standard InChI is InChI=1S/C20H34N2O18P2S/c1-34-4-5-35-6-7-43-9-11-14(25)15(26)17(28)19(38-11)39-42(32,33)40-41(30,31)36-8-10-13(24)16(27)18(37-10)22-3-2-12(23)21-20(22)29/h2-3,10-11,13-19,24-28H,4-9H2,1H3,(H,30,31)(H,32,33)(H,21,23,29)/t10-,11?,13+,14+,15+,16?,17?,18-,19+/m1/s1. The molecule has 1 aromatic rings. The molecule has 43 heavy (non-hydrogen) atoms. The van der Waals surface area contributed by atoms with E-state index in [1.54, 1.807) is 0 Å². The third kappa shape index (κ3) is 10.2. The third-order valence-electron chi connectivity index (χ3n) is 6.06. The first-order chi connectivity index (χ1) is 20.2. The summed E-state index contributed by atoms with van der Waals surface area (Å²) in [5.41, 5.74) is -1.73. The van der Waals surface area contributed by atoms with Crippen LogP contribution in [0.25, 0.3) is 0 Å². The SMILES string of the molecule is COCCOCCSCC1O[C@@H](OP(=O)(O)OP(=O)(O)OC[C@H]2O[C@@H](n3ccc(=O)[nH]c3=O)C(O)[C@H]2O)C(O)[C@@H](O)[C@H]1O. The van der Waals surface area contributed by atoms with E-state index in [-0.39, 0.29) is 5.75 Å². The average Bonchev–Trinajstić information content (AvgIpc) is 3.20. The monoisotopic (exact) mass is 684 g/mol. The molecule has 2 fully saturated rings. The van der Waals surface area contributed by atoms with Crippen LogP contribution in [0.5, 0.6) is 0 Å². The van der Waals surface area contributed by atoms with Crippen molar-refractivity contribution in [1.82, 2.24) is 9.55 Å². The molecule has 0 aliphatic carbocycles. The fraction of sp³-hybridized carbons (Fsp3) is 0.800. The van der Waals surface area contributed by atoms with Crippen LogP contribution in [0.1, 0.15) is 6.23 Å². The number of aliphatic hydroxyl groups excluding tert-OH is 5. The Morgan fingerprint density at radius 3 is 2.30 bits per heavy atom. The van der Waals surface area contributed by atoms with Gasteiger partial charge in [-0.3, -0.25) is 23.4 Å². The predicted octanol–water partition coefficient (Wildman–Crippen LogP) is -3.39. The zero-order chi connectivity index (χ0) is 31.9. The maximum absolute atomic E-state index is 12.5. The van der Waals surface area contributed by atoms with Crippen LogP contribution in [0.2, 0.25) is 0 Å². The molecule has 11 atom stereocenters. The molecule has 5 unspecified atom stereocenters. The summed E-state index contributed by atoms with van der Waals surface area (Å²) in [5.74, 6) is 0.463. The highest BCUT2D eigenvalue weighted by Crippen LogP contribution is 2.61. The van der Waals surface area contributed by atoms with Crippen molar-refractivity contribution in [3.63, 3.8) is 0 Å². The van der Waals surface area contributed by atoms with Crippen molar-refractivity contribution < 1.29 is 76.8 Å². The van der Waals surface area contributed by atoms with Crippen molar-refractivity contribution in [1.29, 1.82) is 0 Å². The maximum Gasteiger partial charge on any atom is 0.483 e. The van der Waals surface area contributed by atoms with E-state index < -0.39 is 88.7 Å². The second-order valence-electron chi connectivity index (χ2n) is 9.18. The van der Waals surface area contributed by atoms with E-state index in [1.807, 2.05) is 4.98 Å². The number of ether oxygens (including phenoxy) is 4. The van der Waals surface area contributed by atoms with Crippen molar-refractivity contribution in [2.24, 2.45) is 0 Å². The molecule has 0 spiro atoms. The smallest absolute Gasteiger partial charge is 0.388 e. The number of hydrogen-bond acceptors (Lipinski definition) is 17. The molecular weight excluding hydrogens is 650 g/mol. The number of nitrogens with zero attached hydrogens (tertiary/aromatic N) is 1. The van der Waals surface area contributed by atoms with Crippen molar-refractivity contribution in [2.45, 2.75) is 55.2 Å². The van der Waals surface area contributed by atoms with Gasteiger partial charge in [0.25, 0.3) is 5.56 Å². The number of phosphoric acid groups is 2. The molecule has 0 bridgehead atoms. The Morgan fingerprint density at radius 1 is 0.930 bits per heavy atom. The highest BCUT2D eigenvalue weighted by atomic mass is 32.2. The molecule has 3 heterocycles. The summed E-state index contributed by atoms with van der Waals surface area (Å²) in [4.78, 5) is 45.2. The van der Waals surface area contributed by atoms with Gasteiger partial charge >= 0.3 is 21.3 Å². The summed E-state index contributed by atoms with van der Waals surface area (Å²) in [7, 11) is -9.56. The minimum absolute atomic E-state index is 0.0262. The van der Waals surface area contributed by atoms with Crippen LogP contribution in [0.4, 0.5) is 0 Å². The number of rotatable bonds is 16.